The number of rotatable bonds is 8. The summed E-state index contributed by atoms with van der Waals surface area (Å²) < 4.78 is 5.27. The Morgan fingerprint density at radius 2 is 1.92 bits per heavy atom. The summed E-state index contributed by atoms with van der Waals surface area (Å²) >= 11 is 0. The summed E-state index contributed by atoms with van der Waals surface area (Å²) in [6.45, 7) is 8.17. The van der Waals surface area contributed by atoms with Gasteiger partial charge in [-0.05, 0) is 32.1 Å². The van der Waals surface area contributed by atoms with Crippen molar-refractivity contribution >= 4 is 0 Å². The normalized spacial score (nSPS) is 15.7. The van der Waals surface area contributed by atoms with Crippen LogP contribution in [0, 0.1) is 5.92 Å². The van der Waals surface area contributed by atoms with Crippen LogP contribution in [0.4, 0.5) is 0 Å². The Labute approximate surface area is 82.8 Å². The largest absolute Gasteiger partial charge is 0.382 e. The summed E-state index contributed by atoms with van der Waals surface area (Å²) in [5.74, 6) is 0.659. The van der Waals surface area contributed by atoms with E-state index in [1.165, 1.54) is 12.8 Å². The van der Waals surface area contributed by atoms with E-state index < -0.39 is 0 Å². The van der Waals surface area contributed by atoms with Crippen molar-refractivity contribution in [3.63, 3.8) is 0 Å². The van der Waals surface area contributed by atoms with Crippen molar-refractivity contribution in [2.45, 2.75) is 52.5 Å². The average molecular weight is 187 g/mol. The Morgan fingerprint density at radius 1 is 1.23 bits per heavy atom. The van der Waals surface area contributed by atoms with Crippen LogP contribution in [0.25, 0.3) is 0 Å². The van der Waals surface area contributed by atoms with Gasteiger partial charge in [-0.15, -0.1) is 0 Å². The minimum absolute atomic E-state index is 0.361. The molecule has 0 saturated heterocycles. The third-order valence-corrected chi connectivity index (χ3v) is 2.51. The maximum absolute atomic E-state index is 6.03. The Bertz CT molecular complexity index is 106. The Morgan fingerprint density at radius 3 is 2.46 bits per heavy atom. The van der Waals surface area contributed by atoms with Gasteiger partial charge in [0.25, 0.3) is 0 Å². The van der Waals surface area contributed by atoms with E-state index in [0.717, 1.165) is 26.1 Å². The minimum atomic E-state index is 0.361. The molecule has 2 unspecified atom stereocenters. The zero-order valence-corrected chi connectivity index (χ0v) is 9.38. The highest BCUT2D eigenvalue weighted by Gasteiger charge is 2.10. The Balaban J connectivity index is 3.32. The third kappa shape index (κ3) is 7.03. The maximum atomic E-state index is 6.03. The van der Waals surface area contributed by atoms with Crippen LogP contribution in [-0.4, -0.2) is 19.3 Å². The molecular formula is C11H25NO. The summed E-state index contributed by atoms with van der Waals surface area (Å²) in [4.78, 5) is 0. The van der Waals surface area contributed by atoms with Crippen LogP contribution in [0.1, 0.15) is 46.5 Å². The van der Waals surface area contributed by atoms with Gasteiger partial charge >= 0.3 is 0 Å². The molecule has 13 heavy (non-hydrogen) atoms. The van der Waals surface area contributed by atoms with E-state index in [1.807, 2.05) is 6.92 Å². The van der Waals surface area contributed by atoms with Gasteiger partial charge in [-0.3, -0.25) is 0 Å². The molecule has 0 fully saturated rings. The van der Waals surface area contributed by atoms with Gasteiger partial charge in [0.2, 0.25) is 0 Å². The zero-order chi connectivity index (χ0) is 10.1. The topological polar surface area (TPSA) is 35.2 Å². The van der Waals surface area contributed by atoms with Crippen LogP contribution < -0.4 is 5.73 Å². The molecule has 80 valence electrons. The van der Waals surface area contributed by atoms with Crippen LogP contribution in [0.2, 0.25) is 0 Å². The Hall–Kier alpha value is -0.0800. The van der Waals surface area contributed by atoms with Gasteiger partial charge in [-0.1, -0.05) is 20.3 Å². The molecule has 0 aliphatic heterocycles. The lowest BCUT2D eigenvalue weighted by Crippen LogP contribution is -2.28. The van der Waals surface area contributed by atoms with Gasteiger partial charge in [0.05, 0.1) is 0 Å². The molecule has 2 heteroatoms. The van der Waals surface area contributed by atoms with Crippen molar-refractivity contribution in [3.8, 4) is 0 Å². The highest BCUT2D eigenvalue weighted by molar-refractivity contribution is 4.68. The number of ether oxygens (including phenoxy) is 1. The predicted octanol–water partition coefficient (Wildman–Crippen LogP) is 2.57. The molecule has 2 atom stereocenters. The first-order valence-electron chi connectivity index (χ1n) is 5.55. The molecule has 0 aromatic rings. The second kappa shape index (κ2) is 8.52. The third-order valence-electron chi connectivity index (χ3n) is 2.51. The van der Waals surface area contributed by atoms with Gasteiger partial charge in [-0.25, -0.2) is 0 Å². The van der Waals surface area contributed by atoms with E-state index in [0.29, 0.717) is 12.0 Å². The van der Waals surface area contributed by atoms with Gasteiger partial charge in [0.1, 0.15) is 0 Å². The fourth-order valence-corrected chi connectivity index (χ4v) is 1.52. The lowest BCUT2D eigenvalue weighted by atomic mass is 9.94. The van der Waals surface area contributed by atoms with Crippen molar-refractivity contribution < 1.29 is 4.74 Å². The van der Waals surface area contributed by atoms with E-state index >= 15 is 0 Å². The van der Waals surface area contributed by atoms with Crippen LogP contribution >= 0.6 is 0 Å². The van der Waals surface area contributed by atoms with Crippen molar-refractivity contribution in [2.75, 3.05) is 13.2 Å². The lowest BCUT2D eigenvalue weighted by molar-refractivity contribution is 0.140. The number of hydrogen-bond acceptors (Lipinski definition) is 2. The van der Waals surface area contributed by atoms with Crippen LogP contribution in [0.5, 0.6) is 0 Å². The monoisotopic (exact) mass is 187 g/mol. The number of hydrogen-bond donors (Lipinski definition) is 1. The molecule has 0 saturated carbocycles. The molecule has 0 spiro atoms. The molecule has 0 aromatic carbocycles. The predicted molar refractivity (Wildman–Crippen MR) is 57.8 cm³/mol. The maximum Gasteiger partial charge on any atom is 0.0466 e. The summed E-state index contributed by atoms with van der Waals surface area (Å²) in [6.07, 6.45) is 4.68. The van der Waals surface area contributed by atoms with Crippen molar-refractivity contribution in [3.05, 3.63) is 0 Å². The van der Waals surface area contributed by atoms with Gasteiger partial charge in [-0.2, -0.15) is 0 Å². The molecule has 2 N–H and O–H groups in total. The fourth-order valence-electron chi connectivity index (χ4n) is 1.52. The minimum Gasteiger partial charge on any atom is -0.382 e. The van der Waals surface area contributed by atoms with E-state index in [-0.39, 0.29) is 0 Å². The van der Waals surface area contributed by atoms with Gasteiger partial charge in [0, 0.05) is 19.3 Å². The second-order valence-corrected chi connectivity index (χ2v) is 3.77. The second-order valence-electron chi connectivity index (χ2n) is 3.77. The summed E-state index contributed by atoms with van der Waals surface area (Å²) in [7, 11) is 0. The van der Waals surface area contributed by atoms with Crippen molar-refractivity contribution in [1.82, 2.24) is 0 Å². The van der Waals surface area contributed by atoms with Gasteiger partial charge < -0.3 is 10.5 Å². The van der Waals surface area contributed by atoms with E-state index in [2.05, 4.69) is 13.8 Å². The molecule has 0 rings (SSSR count). The number of nitrogens with two attached hydrogens (primary N) is 1. The molecule has 0 heterocycles. The summed E-state index contributed by atoms with van der Waals surface area (Å²) in [6, 6.07) is 0.361. The van der Waals surface area contributed by atoms with E-state index in [1.54, 1.807) is 0 Å². The van der Waals surface area contributed by atoms with E-state index in [9.17, 15) is 0 Å². The molecule has 0 aliphatic rings. The first-order valence-corrected chi connectivity index (χ1v) is 5.55. The van der Waals surface area contributed by atoms with Crippen molar-refractivity contribution in [1.29, 1.82) is 0 Å². The SMILES string of the molecule is CCCC(C)C(N)CCCOCC. The van der Waals surface area contributed by atoms with E-state index in [4.69, 9.17) is 10.5 Å². The van der Waals surface area contributed by atoms with Crippen molar-refractivity contribution in [2.24, 2.45) is 11.7 Å². The molecule has 0 radical (unpaired) electrons. The lowest BCUT2D eigenvalue weighted by Gasteiger charge is -2.18. The first kappa shape index (κ1) is 12.9. The highest BCUT2D eigenvalue weighted by Crippen LogP contribution is 2.12. The molecule has 0 aliphatic carbocycles. The van der Waals surface area contributed by atoms with Crippen LogP contribution in [-0.2, 0) is 4.74 Å². The smallest absolute Gasteiger partial charge is 0.0466 e. The molecule has 2 nitrogen and oxygen atoms in total. The first-order chi connectivity index (χ1) is 6.22. The average Bonchev–Trinajstić information content (AvgIpc) is 2.12. The van der Waals surface area contributed by atoms with Gasteiger partial charge in [0.15, 0.2) is 0 Å². The summed E-state index contributed by atoms with van der Waals surface area (Å²) in [5.41, 5.74) is 6.03. The Kier molecular flexibility index (Phi) is 8.46. The standard InChI is InChI=1S/C11H25NO/c1-4-7-10(3)11(12)8-6-9-13-5-2/h10-11H,4-9,12H2,1-3H3. The molecule has 0 amide bonds. The molecule has 0 bridgehead atoms. The van der Waals surface area contributed by atoms with Crippen LogP contribution in [0.15, 0.2) is 0 Å². The molecular weight excluding hydrogens is 162 g/mol. The highest BCUT2D eigenvalue weighted by atomic mass is 16.5. The summed E-state index contributed by atoms with van der Waals surface area (Å²) in [5, 5.41) is 0. The zero-order valence-electron chi connectivity index (χ0n) is 9.38. The quantitative estimate of drug-likeness (QED) is 0.593. The van der Waals surface area contributed by atoms with Crippen LogP contribution in [0.3, 0.4) is 0 Å². The molecule has 0 aromatic heterocycles. The fraction of sp³-hybridized carbons (Fsp3) is 1.00.